The fourth-order valence-electron chi connectivity index (χ4n) is 6.61. The monoisotopic (exact) mass is 544 g/mol. The van der Waals surface area contributed by atoms with Crippen molar-refractivity contribution in [1.82, 2.24) is 19.0 Å². The third-order valence-corrected chi connectivity index (χ3v) is 8.69. The van der Waals surface area contributed by atoms with Crippen molar-refractivity contribution < 1.29 is 9.13 Å². The second kappa shape index (κ2) is 11.5. The van der Waals surface area contributed by atoms with Crippen molar-refractivity contribution in [2.45, 2.75) is 64.0 Å². The van der Waals surface area contributed by atoms with Gasteiger partial charge in [0.25, 0.3) is 5.56 Å². The van der Waals surface area contributed by atoms with E-state index in [0.29, 0.717) is 24.6 Å². The maximum atomic E-state index is 13.9. The molecule has 0 aliphatic carbocycles. The van der Waals surface area contributed by atoms with Crippen molar-refractivity contribution in [2.24, 2.45) is 0 Å². The number of aromatic nitrogens is 3. The number of ether oxygens (including phenoxy) is 1. The van der Waals surface area contributed by atoms with Crippen LogP contribution in [0.25, 0.3) is 22.0 Å². The predicted molar refractivity (Wildman–Crippen MR) is 156 cm³/mol. The molecule has 0 amide bonds. The van der Waals surface area contributed by atoms with E-state index in [0.717, 1.165) is 92.5 Å². The number of halogens is 1. The Kier molecular flexibility index (Phi) is 7.61. The topological polar surface area (TPSA) is 72.3 Å². The number of rotatable bonds is 8. The first kappa shape index (κ1) is 26.6. The van der Waals surface area contributed by atoms with Crippen molar-refractivity contribution in [3.05, 3.63) is 86.6 Å². The number of piperidine rings is 1. The van der Waals surface area contributed by atoms with E-state index in [1.54, 1.807) is 19.2 Å². The average molecular weight is 545 g/mol. The fraction of sp³-hybridized carbons (Fsp3) is 0.438. The lowest BCUT2D eigenvalue weighted by Crippen LogP contribution is -2.44. The zero-order valence-corrected chi connectivity index (χ0v) is 23.1. The molecule has 2 aliphatic rings. The first-order valence-electron chi connectivity index (χ1n) is 14.5. The van der Waals surface area contributed by atoms with Crippen LogP contribution >= 0.6 is 0 Å². The molecule has 4 heterocycles. The lowest BCUT2D eigenvalue weighted by Gasteiger charge is -2.32. The van der Waals surface area contributed by atoms with E-state index in [2.05, 4.69) is 9.88 Å². The Labute approximate surface area is 233 Å². The van der Waals surface area contributed by atoms with Crippen LogP contribution in [-0.2, 0) is 19.5 Å². The number of nitrogens with one attached hydrogen (secondary N) is 1. The van der Waals surface area contributed by atoms with Gasteiger partial charge in [-0.1, -0.05) is 12.1 Å². The maximum absolute atomic E-state index is 13.9. The van der Waals surface area contributed by atoms with Crippen LogP contribution in [0, 0.1) is 5.82 Å². The van der Waals surface area contributed by atoms with Gasteiger partial charge in [0.2, 0.25) is 0 Å². The van der Waals surface area contributed by atoms with Gasteiger partial charge in [0.05, 0.1) is 12.7 Å². The standard InChI is InChI=1S/C32H37FN4O3/c1-40-25-12-9-22(10-13-25)30-29-8-2-3-17-36(29)32(39)37(31(30)38)18-5-4-15-35-16-6-7-23(21-35)27-20-34-28-14-11-24(33)19-26(27)28/h9-14,19-20,23,34H,2-8,15-18,21H2,1H3. The van der Waals surface area contributed by atoms with Crippen molar-refractivity contribution >= 4 is 10.9 Å². The highest BCUT2D eigenvalue weighted by atomic mass is 19.1. The molecule has 40 heavy (non-hydrogen) atoms. The third kappa shape index (κ3) is 5.12. The van der Waals surface area contributed by atoms with E-state index in [1.807, 2.05) is 35.0 Å². The van der Waals surface area contributed by atoms with Crippen LogP contribution in [-0.4, -0.2) is 45.8 Å². The van der Waals surface area contributed by atoms with Crippen molar-refractivity contribution in [2.75, 3.05) is 26.7 Å². The number of benzene rings is 2. The molecular formula is C32H37FN4O3. The highest BCUT2D eigenvalue weighted by Crippen LogP contribution is 2.33. The number of methoxy groups -OCH3 is 1. The largest absolute Gasteiger partial charge is 0.497 e. The first-order chi connectivity index (χ1) is 19.5. The molecule has 2 aromatic heterocycles. The zero-order chi connectivity index (χ0) is 27.6. The lowest BCUT2D eigenvalue weighted by atomic mass is 9.90. The van der Waals surface area contributed by atoms with Crippen LogP contribution < -0.4 is 16.0 Å². The number of H-pyrrole nitrogens is 1. The molecule has 7 nitrogen and oxygen atoms in total. The average Bonchev–Trinajstić information content (AvgIpc) is 3.40. The van der Waals surface area contributed by atoms with Crippen molar-refractivity contribution in [3.8, 4) is 16.9 Å². The van der Waals surface area contributed by atoms with Gasteiger partial charge in [0.15, 0.2) is 0 Å². The van der Waals surface area contributed by atoms with Gasteiger partial charge in [0.1, 0.15) is 11.6 Å². The summed E-state index contributed by atoms with van der Waals surface area (Å²) < 4.78 is 22.5. The molecule has 1 saturated heterocycles. The van der Waals surface area contributed by atoms with Crippen molar-refractivity contribution in [3.63, 3.8) is 0 Å². The van der Waals surface area contributed by atoms with E-state index < -0.39 is 0 Å². The van der Waals surface area contributed by atoms with Crippen LogP contribution in [0.2, 0.25) is 0 Å². The highest BCUT2D eigenvalue weighted by molar-refractivity contribution is 5.83. The molecule has 4 aromatic rings. The minimum Gasteiger partial charge on any atom is -0.497 e. The Morgan fingerprint density at radius 2 is 1.82 bits per heavy atom. The van der Waals surface area contributed by atoms with Gasteiger partial charge in [0, 0.05) is 42.4 Å². The summed E-state index contributed by atoms with van der Waals surface area (Å²) in [5, 5.41) is 0.978. The Balaban J connectivity index is 1.15. The summed E-state index contributed by atoms with van der Waals surface area (Å²) in [7, 11) is 1.62. The maximum Gasteiger partial charge on any atom is 0.331 e. The Morgan fingerprint density at radius 1 is 1.00 bits per heavy atom. The molecule has 1 atom stereocenters. The molecule has 0 saturated carbocycles. The molecule has 1 fully saturated rings. The third-order valence-electron chi connectivity index (χ3n) is 8.69. The van der Waals surface area contributed by atoms with E-state index in [9.17, 15) is 14.0 Å². The van der Waals surface area contributed by atoms with Crippen LogP contribution in [0.1, 0.15) is 55.7 Å². The van der Waals surface area contributed by atoms with E-state index in [-0.39, 0.29) is 17.1 Å². The number of unbranched alkanes of at least 4 members (excludes halogenated alkanes) is 1. The molecule has 1 unspecified atom stereocenters. The van der Waals surface area contributed by atoms with E-state index >= 15 is 0 Å². The molecule has 0 spiro atoms. The molecule has 210 valence electrons. The van der Waals surface area contributed by atoms with Gasteiger partial charge in [-0.15, -0.1) is 0 Å². The SMILES string of the molecule is COc1ccc(-c2c3n(c(=O)n(CCCCN4CCCC(c5c[nH]c6ccc(F)cc56)C4)c2=O)CCCC3)cc1. The first-order valence-corrected chi connectivity index (χ1v) is 14.5. The van der Waals surface area contributed by atoms with E-state index in [1.165, 1.54) is 16.2 Å². The Bertz CT molecular complexity index is 1620. The number of hydrogen-bond acceptors (Lipinski definition) is 4. The molecule has 6 rings (SSSR count). The molecule has 2 aliphatic heterocycles. The normalized spacial score (nSPS) is 17.7. The van der Waals surface area contributed by atoms with Gasteiger partial charge in [-0.25, -0.2) is 9.18 Å². The predicted octanol–water partition coefficient (Wildman–Crippen LogP) is 5.30. The minimum absolute atomic E-state index is 0.179. The summed E-state index contributed by atoms with van der Waals surface area (Å²) in [6.45, 7) is 3.97. The van der Waals surface area contributed by atoms with Crippen LogP contribution in [0.15, 0.2) is 58.3 Å². The molecular weight excluding hydrogens is 507 g/mol. The lowest BCUT2D eigenvalue weighted by molar-refractivity contribution is 0.204. The van der Waals surface area contributed by atoms with Crippen LogP contribution in [0.5, 0.6) is 5.75 Å². The molecule has 0 radical (unpaired) electrons. The quantitative estimate of drug-likeness (QED) is 0.306. The molecule has 8 heteroatoms. The number of nitrogens with zero attached hydrogens (tertiary/aromatic N) is 3. The summed E-state index contributed by atoms with van der Waals surface area (Å²) in [4.78, 5) is 32.8. The smallest absolute Gasteiger partial charge is 0.331 e. The number of hydrogen-bond donors (Lipinski definition) is 1. The van der Waals surface area contributed by atoms with Gasteiger partial charge >= 0.3 is 5.69 Å². The highest BCUT2D eigenvalue weighted by Gasteiger charge is 2.25. The Hall–Kier alpha value is -3.65. The number of fused-ring (bicyclic) bond motifs is 2. The van der Waals surface area contributed by atoms with Crippen LogP contribution in [0.4, 0.5) is 4.39 Å². The molecule has 1 N–H and O–H groups in total. The summed E-state index contributed by atoms with van der Waals surface area (Å²) in [5.74, 6) is 0.900. The zero-order valence-electron chi connectivity index (χ0n) is 23.1. The summed E-state index contributed by atoms with van der Waals surface area (Å²) in [5.41, 5.74) is 4.15. The summed E-state index contributed by atoms with van der Waals surface area (Å²) in [6, 6.07) is 12.5. The number of likely N-dealkylation sites (tertiary alicyclic amines) is 1. The van der Waals surface area contributed by atoms with Gasteiger partial charge in [-0.2, -0.15) is 0 Å². The second-order valence-corrected chi connectivity index (χ2v) is 11.2. The number of aromatic amines is 1. The van der Waals surface area contributed by atoms with Crippen molar-refractivity contribution in [1.29, 1.82) is 0 Å². The summed E-state index contributed by atoms with van der Waals surface area (Å²) in [6.07, 6.45) is 8.57. The Morgan fingerprint density at radius 3 is 2.65 bits per heavy atom. The van der Waals surface area contributed by atoms with E-state index in [4.69, 9.17) is 4.74 Å². The van der Waals surface area contributed by atoms with Gasteiger partial charge in [-0.05, 0) is 105 Å². The van der Waals surface area contributed by atoms with Gasteiger partial charge in [-0.3, -0.25) is 13.9 Å². The fourth-order valence-corrected chi connectivity index (χ4v) is 6.61. The summed E-state index contributed by atoms with van der Waals surface area (Å²) >= 11 is 0. The molecule has 0 bridgehead atoms. The van der Waals surface area contributed by atoms with Crippen LogP contribution in [0.3, 0.4) is 0 Å². The minimum atomic E-state index is -0.204. The molecule has 2 aromatic carbocycles. The van der Waals surface area contributed by atoms with Gasteiger partial charge < -0.3 is 14.6 Å². The second-order valence-electron chi connectivity index (χ2n) is 11.2.